The van der Waals surface area contributed by atoms with Gasteiger partial charge in [-0.15, -0.1) is 11.3 Å². The smallest absolute Gasteiger partial charge is 0.262 e. The number of carbonyl (C=O) groups is 1. The van der Waals surface area contributed by atoms with E-state index in [0.29, 0.717) is 21.5 Å². The van der Waals surface area contributed by atoms with Gasteiger partial charge >= 0.3 is 0 Å². The van der Waals surface area contributed by atoms with Crippen LogP contribution in [0.1, 0.15) is 6.42 Å². The van der Waals surface area contributed by atoms with E-state index in [9.17, 15) is 18.4 Å². The van der Waals surface area contributed by atoms with Gasteiger partial charge in [0.1, 0.15) is 16.5 Å². The van der Waals surface area contributed by atoms with Gasteiger partial charge in [-0.05, 0) is 35.9 Å². The number of hydrogen-bond donors (Lipinski definition) is 1. The highest BCUT2D eigenvalue weighted by Gasteiger charge is 2.14. The minimum Gasteiger partial charge on any atom is -0.326 e. The molecule has 2 aromatic carbocycles. The highest BCUT2D eigenvalue weighted by molar-refractivity contribution is 7.17. The number of fused-ring (bicyclic) bond motifs is 1. The maximum absolute atomic E-state index is 13.2. The van der Waals surface area contributed by atoms with Crippen LogP contribution in [-0.2, 0) is 11.3 Å². The summed E-state index contributed by atoms with van der Waals surface area (Å²) in [6.07, 6.45) is 1.44. The average Bonchev–Trinajstić information content (AvgIpc) is 3.13. The minimum atomic E-state index is -0.445. The first-order valence-corrected chi connectivity index (χ1v) is 9.67. The topological polar surface area (TPSA) is 64.0 Å². The van der Waals surface area contributed by atoms with Gasteiger partial charge in [-0.2, -0.15) is 0 Å². The van der Waals surface area contributed by atoms with Crippen molar-refractivity contribution in [2.75, 3.05) is 5.32 Å². The summed E-state index contributed by atoms with van der Waals surface area (Å²) < 4.78 is 27.8. The lowest BCUT2D eigenvalue weighted by Crippen LogP contribution is -2.23. The number of thiophene rings is 1. The molecule has 1 amide bonds. The predicted octanol–water partition coefficient (Wildman–Crippen LogP) is 4.43. The van der Waals surface area contributed by atoms with Gasteiger partial charge in [0.05, 0.1) is 11.7 Å². The second-order valence-electron chi connectivity index (χ2n) is 6.39. The van der Waals surface area contributed by atoms with E-state index in [2.05, 4.69) is 10.3 Å². The van der Waals surface area contributed by atoms with Crippen molar-refractivity contribution in [3.8, 4) is 11.1 Å². The third kappa shape index (κ3) is 4.07. The van der Waals surface area contributed by atoms with Crippen molar-refractivity contribution in [1.82, 2.24) is 9.55 Å². The lowest BCUT2D eigenvalue weighted by atomic mass is 10.1. The third-order valence-electron chi connectivity index (χ3n) is 4.40. The summed E-state index contributed by atoms with van der Waals surface area (Å²) in [5.74, 6) is -1.14. The number of aromatic nitrogens is 2. The predicted molar refractivity (Wildman–Crippen MR) is 109 cm³/mol. The number of rotatable bonds is 5. The maximum atomic E-state index is 13.2. The number of nitrogens with one attached hydrogen (secondary N) is 1. The van der Waals surface area contributed by atoms with Crippen molar-refractivity contribution in [3.63, 3.8) is 0 Å². The SMILES string of the molecule is O=C(CCn1cnc2scc(-c3ccc(F)cc3)c2c1=O)Nc1cccc(F)c1. The monoisotopic (exact) mass is 411 g/mol. The van der Waals surface area contributed by atoms with Crippen LogP contribution in [0.3, 0.4) is 0 Å². The summed E-state index contributed by atoms with van der Waals surface area (Å²) in [6, 6.07) is 11.5. The van der Waals surface area contributed by atoms with Gasteiger partial charge in [0.25, 0.3) is 5.56 Å². The minimum absolute atomic E-state index is 0.0274. The number of halogens is 2. The lowest BCUT2D eigenvalue weighted by molar-refractivity contribution is -0.116. The highest BCUT2D eigenvalue weighted by atomic mass is 32.1. The quantitative estimate of drug-likeness (QED) is 0.528. The summed E-state index contributed by atoms with van der Waals surface area (Å²) in [5, 5.41) is 4.85. The molecule has 0 unspecified atom stereocenters. The Labute approximate surface area is 168 Å². The summed E-state index contributed by atoms with van der Waals surface area (Å²) in [6.45, 7) is 0.127. The van der Waals surface area contributed by atoms with Crippen LogP contribution in [0, 0.1) is 11.6 Å². The molecule has 0 aliphatic rings. The third-order valence-corrected chi connectivity index (χ3v) is 5.29. The molecule has 8 heteroatoms. The molecule has 0 saturated heterocycles. The van der Waals surface area contributed by atoms with Crippen LogP contribution in [0.4, 0.5) is 14.5 Å². The molecule has 0 fully saturated rings. The summed E-state index contributed by atoms with van der Waals surface area (Å²) >= 11 is 1.33. The summed E-state index contributed by atoms with van der Waals surface area (Å²) in [7, 11) is 0. The van der Waals surface area contributed by atoms with E-state index in [1.165, 1.54) is 52.6 Å². The van der Waals surface area contributed by atoms with E-state index in [4.69, 9.17) is 0 Å². The number of nitrogens with zero attached hydrogens (tertiary/aromatic N) is 2. The van der Waals surface area contributed by atoms with Crippen molar-refractivity contribution in [1.29, 1.82) is 0 Å². The molecule has 0 aliphatic carbocycles. The van der Waals surface area contributed by atoms with Gasteiger partial charge in [-0.25, -0.2) is 13.8 Å². The lowest BCUT2D eigenvalue weighted by Gasteiger charge is -2.08. The number of carbonyl (C=O) groups excluding carboxylic acids is 1. The fourth-order valence-electron chi connectivity index (χ4n) is 2.98. The van der Waals surface area contributed by atoms with Crippen LogP contribution in [-0.4, -0.2) is 15.5 Å². The van der Waals surface area contributed by atoms with E-state index in [-0.39, 0.29) is 30.2 Å². The molecule has 0 saturated carbocycles. The molecule has 29 heavy (non-hydrogen) atoms. The Hall–Kier alpha value is -3.39. The van der Waals surface area contributed by atoms with Crippen LogP contribution in [0.2, 0.25) is 0 Å². The molecule has 1 N–H and O–H groups in total. The zero-order valence-electron chi connectivity index (χ0n) is 15.1. The van der Waals surface area contributed by atoms with Crippen LogP contribution in [0.5, 0.6) is 0 Å². The number of aryl methyl sites for hydroxylation is 1. The Morgan fingerprint density at radius 2 is 1.90 bits per heavy atom. The molecule has 0 aliphatic heterocycles. The van der Waals surface area contributed by atoms with E-state index in [1.807, 2.05) is 5.38 Å². The van der Waals surface area contributed by atoms with E-state index in [1.54, 1.807) is 18.2 Å². The van der Waals surface area contributed by atoms with Gasteiger partial charge in [0.15, 0.2) is 0 Å². The van der Waals surface area contributed by atoms with Crippen molar-refractivity contribution >= 4 is 33.1 Å². The Bertz CT molecular complexity index is 1250. The molecule has 0 radical (unpaired) electrons. The van der Waals surface area contributed by atoms with Crippen molar-refractivity contribution in [3.05, 3.63) is 82.2 Å². The molecular formula is C21H15F2N3O2S. The second-order valence-corrected chi connectivity index (χ2v) is 7.25. The van der Waals surface area contributed by atoms with Crippen LogP contribution < -0.4 is 10.9 Å². The number of benzene rings is 2. The first-order chi connectivity index (χ1) is 14.0. The fraction of sp³-hybridized carbons (Fsp3) is 0.0952. The molecular weight excluding hydrogens is 396 g/mol. The van der Waals surface area contributed by atoms with E-state index in [0.717, 1.165) is 5.56 Å². The number of anilines is 1. The highest BCUT2D eigenvalue weighted by Crippen LogP contribution is 2.30. The first-order valence-electron chi connectivity index (χ1n) is 8.79. The second kappa shape index (κ2) is 7.92. The van der Waals surface area contributed by atoms with Crippen LogP contribution >= 0.6 is 11.3 Å². The maximum Gasteiger partial charge on any atom is 0.262 e. The summed E-state index contributed by atoms with van der Waals surface area (Å²) in [4.78, 5) is 30.0. The molecule has 0 spiro atoms. The molecule has 5 nitrogen and oxygen atoms in total. The fourth-order valence-corrected chi connectivity index (χ4v) is 3.89. The Morgan fingerprint density at radius 3 is 2.66 bits per heavy atom. The van der Waals surface area contributed by atoms with E-state index < -0.39 is 5.82 Å². The van der Waals surface area contributed by atoms with E-state index >= 15 is 0 Å². The van der Waals surface area contributed by atoms with Gasteiger partial charge in [0, 0.05) is 29.6 Å². The Kier molecular flexibility index (Phi) is 5.18. The Balaban J connectivity index is 1.56. The van der Waals surface area contributed by atoms with Crippen molar-refractivity contribution < 1.29 is 13.6 Å². The first kappa shape index (κ1) is 18.9. The molecule has 0 bridgehead atoms. The largest absolute Gasteiger partial charge is 0.326 e. The van der Waals surface area contributed by atoms with Gasteiger partial charge in [0.2, 0.25) is 5.91 Å². The zero-order valence-corrected chi connectivity index (χ0v) is 15.9. The van der Waals surface area contributed by atoms with Gasteiger partial charge < -0.3 is 5.32 Å². The number of hydrogen-bond acceptors (Lipinski definition) is 4. The molecule has 2 aromatic heterocycles. The normalized spacial score (nSPS) is 11.0. The molecule has 4 aromatic rings. The number of amides is 1. The van der Waals surface area contributed by atoms with Crippen LogP contribution in [0.25, 0.3) is 21.3 Å². The zero-order chi connectivity index (χ0) is 20.4. The Morgan fingerprint density at radius 1 is 1.10 bits per heavy atom. The molecule has 2 heterocycles. The average molecular weight is 411 g/mol. The summed E-state index contributed by atoms with van der Waals surface area (Å²) in [5.41, 5.74) is 1.49. The molecule has 0 atom stereocenters. The molecule has 4 rings (SSSR count). The van der Waals surface area contributed by atoms with Crippen LogP contribution in [0.15, 0.2) is 65.0 Å². The van der Waals surface area contributed by atoms with Crippen molar-refractivity contribution in [2.45, 2.75) is 13.0 Å². The standard InChI is InChI=1S/C21H15F2N3O2S/c22-14-6-4-13(5-7-14)17-11-29-20-19(17)21(28)26(12-24-20)9-8-18(27)25-16-3-1-2-15(23)10-16/h1-7,10-12H,8-9H2,(H,25,27). The molecule has 146 valence electrons. The van der Waals surface area contributed by atoms with Gasteiger partial charge in [-0.1, -0.05) is 18.2 Å². The van der Waals surface area contributed by atoms with Crippen molar-refractivity contribution in [2.24, 2.45) is 0 Å². The van der Waals surface area contributed by atoms with Gasteiger partial charge in [-0.3, -0.25) is 14.2 Å².